The van der Waals surface area contributed by atoms with Gasteiger partial charge in [-0.1, -0.05) is 50.0 Å². The van der Waals surface area contributed by atoms with Gasteiger partial charge in [-0.3, -0.25) is 33.1 Å². The Hall–Kier alpha value is -4.47. The van der Waals surface area contributed by atoms with Gasteiger partial charge in [0, 0.05) is 52.1 Å². The monoisotopic (exact) mass is 656 g/mol. The number of aromatic nitrogens is 4. The summed E-state index contributed by atoms with van der Waals surface area (Å²) >= 11 is 0. The summed E-state index contributed by atoms with van der Waals surface area (Å²) in [6.07, 6.45) is 3.87. The third-order valence-electron chi connectivity index (χ3n) is 8.73. The molecular formula is C35H44N6O5Si. The number of unbranched alkanes of at least 4 members (excludes halogenated alkanes) is 3. The maximum Gasteiger partial charge on any atom is 0.329 e. The molecule has 1 atom stereocenters. The molecule has 3 amide bonds. The van der Waals surface area contributed by atoms with Crippen LogP contribution in [-0.2, 0) is 27.9 Å². The molecule has 3 heterocycles. The van der Waals surface area contributed by atoms with Crippen LogP contribution in [0.1, 0.15) is 66.2 Å². The lowest BCUT2D eigenvalue weighted by Crippen LogP contribution is -2.48. The number of likely N-dealkylation sites (tertiary alicyclic amines) is 1. The summed E-state index contributed by atoms with van der Waals surface area (Å²) in [5, 5.41) is 5.66. The number of nitrogens with zero attached hydrogens (tertiary/aromatic N) is 5. The molecule has 1 saturated heterocycles. The van der Waals surface area contributed by atoms with Crippen LogP contribution in [0.5, 0.6) is 0 Å². The minimum Gasteiger partial charge on any atom is -0.366 e. The molecule has 1 unspecified atom stereocenters. The molecule has 5 rings (SSSR count). The Balaban J connectivity index is 1.23. The summed E-state index contributed by atoms with van der Waals surface area (Å²) < 4.78 is 10.7. The number of piperidine rings is 1. The van der Waals surface area contributed by atoms with Gasteiger partial charge in [-0.05, 0) is 56.5 Å². The number of nitrogens with two attached hydrogens (primary N) is 1. The first kappa shape index (κ1) is 33.9. The molecule has 0 spiro atoms. The van der Waals surface area contributed by atoms with E-state index in [1.807, 2.05) is 35.9 Å². The van der Waals surface area contributed by atoms with E-state index in [2.05, 4.69) is 36.6 Å². The van der Waals surface area contributed by atoms with E-state index in [9.17, 15) is 19.2 Å². The molecule has 4 aromatic rings. The summed E-state index contributed by atoms with van der Waals surface area (Å²) in [6.45, 7) is 9.81. The molecule has 2 N–H and O–H groups in total. The molecule has 1 aliphatic heterocycles. The highest BCUT2D eigenvalue weighted by atomic mass is 28.3. The van der Waals surface area contributed by atoms with Gasteiger partial charge in [-0.25, -0.2) is 4.79 Å². The largest absolute Gasteiger partial charge is 0.366 e. The Morgan fingerprint density at radius 2 is 1.87 bits per heavy atom. The summed E-state index contributed by atoms with van der Waals surface area (Å²) in [5.41, 5.74) is 9.46. The van der Waals surface area contributed by atoms with Crippen molar-refractivity contribution >= 4 is 47.7 Å². The van der Waals surface area contributed by atoms with Crippen LogP contribution in [0.25, 0.3) is 21.9 Å². The fourth-order valence-electron chi connectivity index (χ4n) is 6.04. The molecule has 2 aromatic carbocycles. The first-order valence-electron chi connectivity index (χ1n) is 16.2. The van der Waals surface area contributed by atoms with Crippen LogP contribution in [0.3, 0.4) is 0 Å². The number of carbonyl (C=O) groups excluding carboxylic acids is 3. The van der Waals surface area contributed by atoms with Gasteiger partial charge in [0.1, 0.15) is 12.8 Å². The zero-order chi connectivity index (χ0) is 33.9. The van der Waals surface area contributed by atoms with E-state index in [4.69, 9.17) is 10.5 Å². The van der Waals surface area contributed by atoms with Gasteiger partial charge in [0.25, 0.3) is 5.91 Å². The fourth-order valence-corrected chi connectivity index (χ4v) is 6.80. The normalized spacial score (nSPS) is 15.4. The Morgan fingerprint density at radius 1 is 1.09 bits per heavy atom. The molecule has 11 nitrogen and oxygen atoms in total. The second-order valence-electron chi connectivity index (χ2n) is 13.5. The molecule has 47 heavy (non-hydrogen) atoms. The number of fused-ring (bicyclic) bond motifs is 2. The van der Waals surface area contributed by atoms with Crippen LogP contribution in [0, 0.1) is 18.8 Å². The maximum atomic E-state index is 13.5. The van der Waals surface area contributed by atoms with Crippen molar-refractivity contribution < 1.29 is 19.1 Å². The number of imide groups is 1. The summed E-state index contributed by atoms with van der Waals surface area (Å²) in [5.74, 6) is 5.37. The zero-order valence-electron chi connectivity index (χ0n) is 28.0. The smallest absolute Gasteiger partial charge is 0.329 e. The first-order chi connectivity index (χ1) is 22.4. The van der Waals surface area contributed by atoms with E-state index in [-0.39, 0.29) is 31.2 Å². The number of para-hydroxylation sites is 1. The van der Waals surface area contributed by atoms with Crippen molar-refractivity contribution in [3.05, 3.63) is 63.7 Å². The number of benzene rings is 2. The Bertz CT molecular complexity index is 1950. The molecule has 1 fully saturated rings. The maximum absolute atomic E-state index is 13.5. The number of hydrogen-bond donors (Lipinski definition) is 1. The van der Waals surface area contributed by atoms with Gasteiger partial charge >= 0.3 is 5.69 Å². The van der Waals surface area contributed by atoms with Crippen LogP contribution < -0.4 is 11.4 Å². The molecule has 2 aromatic heterocycles. The summed E-state index contributed by atoms with van der Waals surface area (Å²) in [6, 6.07) is 11.1. The van der Waals surface area contributed by atoms with E-state index in [0.717, 1.165) is 58.9 Å². The van der Waals surface area contributed by atoms with Crippen molar-refractivity contribution in [2.75, 3.05) is 13.3 Å². The highest BCUT2D eigenvalue weighted by molar-refractivity contribution is 6.76. The highest BCUT2D eigenvalue weighted by Crippen LogP contribution is 2.28. The van der Waals surface area contributed by atoms with Crippen molar-refractivity contribution in [3.63, 3.8) is 0 Å². The van der Waals surface area contributed by atoms with Crippen molar-refractivity contribution in [1.82, 2.24) is 23.8 Å². The first-order valence-corrected chi connectivity index (χ1v) is 20.0. The lowest BCUT2D eigenvalue weighted by atomic mass is 10.0. The molecule has 1 aliphatic rings. The molecule has 0 radical (unpaired) electrons. The molecular weight excluding hydrogens is 613 g/mol. The third kappa shape index (κ3) is 7.42. The third-order valence-corrected chi connectivity index (χ3v) is 10.4. The Kier molecular flexibility index (Phi) is 10.2. The van der Waals surface area contributed by atoms with E-state index < -0.39 is 25.9 Å². The van der Waals surface area contributed by atoms with Crippen LogP contribution in [0.15, 0.2) is 41.2 Å². The van der Waals surface area contributed by atoms with Crippen LogP contribution in [-0.4, -0.2) is 62.9 Å². The molecule has 0 aliphatic carbocycles. The van der Waals surface area contributed by atoms with Crippen LogP contribution in [0.4, 0.5) is 0 Å². The Morgan fingerprint density at radius 3 is 2.62 bits per heavy atom. The molecule has 0 saturated carbocycles. The highest BCUT2D eigenvalue weighted by Gasteiger charge is 2.37. The van der Waals surface area contributed by atoms with E-state index in [0.29, 0.717) is 29.6 Å². The molecule has 248 valence electrons. The number of ether oxygens (including phenoxy) is 1. The van der Waals surface area contributed by atoms with E-state index >= 15 is 0 Å². The average Bonchev–Trinajstić information content (AvgIpc) is 3.47. The van der Waals surface area contributed by atoms with Gasteiger partial charge in [0.05, 0.1) is 27.8 Å². The second kappa shape index (κ2) is 14.1. The van der Waals surface area contributed by atoms with Crippen molar-refractivity contribution in [2.45, 2.75) is 83.7 Å². The van der Waals surface area contributed by atoms with Gasteiger partial charge < -0.3 is 10.5 Å². The number of amides is 3. The Labute approximate surface area is 275 Å². The van der Waals surface area contributed by atoms with E-state index in [1.165, 1.54) is 9.13 Å². The number of imidazole rings is 1. The SMILES string of the molecule is Cc1nn(CCCCCC#Cc2cccc3c2n(C)c(=O)n3C2CCC(=O)N(COCC[Si](C)(C)C)C2=O)c2cc(C(N)=O)ccc12. The summed E-state index contributed by atoms with van der Waals surface area (Å²) in [4.78, 5) is 52.5. The number of rotatable bonds is 12. The number of aryl methyl sites for hydroxylation is 3. The minimum absolute atomic E-state index is 0.0940. The molecule has 0 bridgehead atoms. The van der Waals surface area contributed by atoms with Crippen molar-refractivity contribution in [3.8, 4) is 11.8 Å². The van der Waals surface area contributed by atoms with Crippen LogP contribution in [0.2, 0.25) is 25.7 Å². The quantitative estimate of drug-likeness (QED) is 0.102. The number of carbonyl (C=O) groups is 3. The van der Waals surface area contributed by atoms with E-state index in [1.54, 1.807) is 19.2 Å². The number of primary amides is 1. The molecule has 12 heteroatoms. The predicted molar refractivity (Wildman–Crippen MR) is 185 cm³/mol. The topological polar surface area (TPSA) is 134 Å². The fraction of sp³-hybridized carbons (Fsp3) is 0.457. The lowest BCUT2D eigenvalue weighted by molar-refractivity contribution is -0.157. The standard InChI is InChI=1S/C35H44N6O5Si/c1-24-27-16-15-26(33(36)43)22-30(27)40(37-24)19-10-8-6-7-9-12-25-13-11-14-28-32(25)38(2)35(45)41(28)29-17-18-31(42)39(34(29)44)23-46-20-21-47(3,4)5/h11,13-16,22,29H,6-8,10,17-21,23H2,1-5H3,(H2,36,43). The predicted octanol–water partition coefficient (Wildman–Crippen LogP) is 4.71. The zero-order valence-corrected chi connectivity index (χ0v) is 29.0. The van der Waals surface area contributed by atoms with Gasteiger partial charge in [-0.15, -0.1) is 0 Å². The van der Waals surface area contributed by atoms with Crippen LogP contribution >= 0.6 is 0 Å². The second-order valence-corrected chi connectivity index (χ2v) is 19.1. The summed E-state index contributed by atoms with van der Waals surface area (Å²) in [7, 11) is 0.373. The minimum atomic E-state index is -1.32. The number of hydrogen-bond acceptors (Lipinski definition) is 6. The van der Waals surface area contributed by atoms with Crippen molar-refractivity contribution in [1.29, 1.82) is 0 Å². The van der Waals surface area contributed by atoms with Gasteiger partial charge in [0.15, 0.2) is 0 Å². The van der Waals surface area contributed by atoms with Crippen molar-refractivity contribution in [2.24, 2.45) is 12.8 Å². The van der Waals surface area contributed by atoms with Gasteiger partial charge in [-0.2, -0.15) is 5.10 Å². The lowest BCUT2D eigenvalue weighted by Gasteiger charge is -2.31. The average molecular weight is 657 g/mol. The van der Waals surface area contributed by atoms with Gasteiger partial charge in [0.2, 0.25) is 11.8 Å².